The van der Waals surface area contributed by atoms with E-state index in [1.807, 2.05) is 12.1 Å². The van der Waals surface area contributed by atoms with Crippen LogP contribution in [0.5, 0.6) is 0 Å². The third kappa shape index (κ3) is 3.12. The number of fused-ring (bicyclic) bond motifs is 1. The molecule has 0 amide bonds. The zero-order valence-electron chi connectivity index (χ0n) is 14.7. The molecule has 0 radical (unpaired) electrons. The maximum absolute atomic E-state index is 11.2. The molecule has 0 aliphatic carbocycles. The number of imidazole rings is 1. The molecule has 10 heteroatoms. The van der Waals surface area contributed by atoms with E-state index in [0.29, 0.717) is 29.1 Å². The highest BCUT2D eigenvalue weighted by molar-refractivity contribution is 5.83. The minimum atomic E-state index is -1.24. The van der Waals surface area contributed by atoms with Crippen molar-refractivity contribution in [1.29, 1.82) is 0 Å². The lowest BCUT2D eigenvalue weighted by Crippen LogP contribution is -2.33. The Hall–Kier alpha value is -2.92. The van der Waals surface area contributed by atoms with E-state index in [4.69, 9.17) is 4.74 Å². The lowest BCUT2D eigenvalue weighted by Gasteiger charge is -2.16. The maximum Gasteiger partial charge on any atom is 0.167 e. The molecule has 1 aromatic carbocycles. The van der Waals surface area contributed by atoms with Gasteiger partial charge in [-0.05, 0) is 5.56 Å². The molecule has 3 aromatic rings. The van der Waals surface area contributed by atoms with Gasteiger partial charge in [0.1, 0.15) is 30.9 Å². The maximum atomic E-state index is 11.2. The first-order valence-electron chi connectivity index (χ1n) is 8.71. The van der Waals surface area contributed by atoms with Crippen LogP contribution in [0.2, 0.25) is 0 Å². The fourth-order valence-corrected chi connectivity index (χ4v) is 3.27. The van der Waals surface area contributed by atoms with Crippen molar-refractivity contribution in [2.75, 3.05) is 11.9 Å². The van der Waals surface area contributed by atoms with Gasteiger partial charge < -0.3 is 25.4 Å². The zero-order chi connectivity index (χ0) is 19.7. The van der Waals surface area contributed by atoms with E-state index in [2.05, 4.69) is 20.3 Å². The van der Waals surface area contributed by atoms with Gasteiger partial charge >= 0.3 is 0 Å². The molecule has 1 aliphatic heterocycles. The van der Waals surface area contributed by atoms with Crippen LogP contribution < -0.4 is 5.32 Å². The van der Waals surface area contributed by atoms with Crippen LogP contribution in [0.25, 0.3) is 11.2 Å². The van der Waals surface area contributed by atoms with Crippen molar-refractivity contribution >= 4 is 23.3 Å². The molecule has 0 saturated carbocycles. The summed E-state index contributed by atoms with van der Waals surface area (Å²) in [5, 5.41) is 32.6. The van der Waals surface area contributed by atoms with Gasteiger partial charge in [-0.3, -0.25) is 9.36 Å². The summed E-state index contributed by atoms with van der Waals surface area (Å²) in [5.74, 6) is 0.455. The van der Waals surface area contributed by atoms with Gasteiger partial charge in [-0.25, -0.2) is 15.0 Å². The Kier molecular flexibility index (Phi) is 5.01. The number of carbonyl (C=O) groups excluding carboxylic acids is 1. The van der Waals surface area contributed by atoms with E-state index in [-0.39, 0.29) is 0 Å². The molecule has 0 spiro atoms. The van der Waals surface area contributed by atoms with Crippen LogP contribution in [0, 0.1) is 0 Å². The van der Waals surface area contributed by atoms with Crippen molar-refractivity contribution in [3.05, 3.63) is 48.0 Å². The van der Waals surface area contributed by atoms with Gasteiger partial charge in [-0.15, -0.1) is 0 Å². The highest BCUT2D eigenvalue weighted by Crippen LogP contribution is 2.32. The van der Waals surface area contributed by atoms with E-state index >= 15 is 0 Å². The third-order valence-corrected chi connectivity index (χ3v) is 4.78. The molecule has 28 heavy (non-hydrogen) atoms. The van der Waals surface area contributed by atoms with Gasteiger partial charge in [0.25, 0.3) is 0 Å². The van der Waals surface area contributed by atoms with Gasteiger partial charge in [-0.2, -0.15) is 0 Å². The predicted molar refractivity (Wildman–Crippen MR) is 97.5 cm³/mol. The molecule has 1 aliphatic rings. The van der Waals surface area contributed by atoms with Gasteiger partial charge in [0, 0.05) is 12.1 Å². The second-order valence-electron chi connectivity index (χ2n) is 6.45. The van der Waals surface area contributed by atoms with Crippen molar-refractivity contribution in [2.45, 2.75) is 31.1 Å². The summed E-state index contributed by atoms with van der Waals surface area (Å²) >= 11 is 0. The van der Waals surface area contributed by atoms with Crippen LogP contribution in [0.4, 0.5) is 5.82 Å². The molecule has 146 valence electrons. The fraction of sp³-hybridized carbons (Fsp3) is 0.333. The predicted octanol–water partition coefficient (Wildman–Crippen LogP) is -0.138. The molecule has 4 rings (SSSR count). The molecule has 4 N–H and O–H groups in total. The van der Waals surface area contributed by atoms with Gasteiger partial charge in [0.2, 0.25) is 0 Å². The summed E-state index contributed by atoms with van der Waals surface area (Å²) in [7, 11) is 0. The SMILES string of the molecule is O=Cc1ccccc1CNc1ncnc2c1ncn2[C@@H]1O[C@H](CO)[C@@H](O)[C@H]1O. The summed E-state index contributed by atoms with van der Waals surface area (Å²) in [6, 6.07) is 7.21. The van der Waals surface area contributed by atoms with Crippen molar-refractivity contribution < 1.29 is 24.9 Å². The summed E-state index contributed by atoms with van der Waals surface area (Å²) in [6.07, 6.45) is -0.706. The summed E-state index contributed by atoms with van der Waals surface area (Å²) < 4.78 is 7.03. The highest BCUT2D eigenvalue weighted by atomic mass is 16.6. The molecule has 1 saturated heterocycles. The number of nitrogens with one attached hydrogen (secondary N) is 1. The number of rotatable bonds is 6. The smallest absolute Gasteiger partial charge is 0.167 e. The number of anilines is 1. The average molecular weight is 385 g/mol. The molecule has 0 bridgehead atoms. The lowest BCUT2D eigenvalue weighted by molar-refractivity contribution is -0.0511. The number of carbonyl (C=O) groups is 1. The normalized spacial score (nSPS) is 24.5. The first-order valence-corrected chi connectivity index (χ1v) is 8.71. The van der Waals surface area contributed by atoms with Crippen molar-refractivity contribution in [3.8, 4) is 0 Å². The topological polar surface area (TPSA) is 143 Å². The molecular weight excluding hydrogens is 366 g/mol. The standard InChI is InChI=1S/C18H19N5O5/c24-6-11-4-2-1-3-10(11)5-19-16-13-17(21-8-20-16)23(9-22-13)18-15(27)14(26)12(7-25)28-18/h1-4,6,8-9,12,14-15,18,25-27H,5,7H2,(H,19,20,21)/t12-,14-,15-,18-/m1/s1. The van der Waals surface area contributed by atoms with Gasteiger partial charge in [0.15, 0.2) is 23.2 Å². The Morgan fingerprint density at radius 2 is 2.00 bits per heavy atom. The van der Waals surface area contributed by atoms with E-state index in [0.717, 1.165) is 11.8 Å². The van der Waals surface area contributed by atoms with Crippen molar-refractivity contribution in [3.63, 3.8) is 0 Å². The number of hydrogen-bond acceptors (Lipinski definition) is 9. The second-order valence-corrected chi connectivity index (χ2v) is 6.45. The Balaban J connectivity index is 1.61. The number of aldehydes is 1. The van der Waals surface area contributed by atoms with Crippen LogP contribution in [-0.2, 0) is 11.3 Å². The average Bonchev–Trinajstić information content (AvgIpc) is 3.28. The first kappa shape index (κ1) is 18.4. The van der Waals surface area contributed by atoms with E-state index in [9.17, 15) is 20.1 Å². The molecule has 1 fully saturated rings. The quantitative estimate of drug-likeness (QED) is 0.426. The van der Waals surface area contributed by atoms with Crippen LogP contribution in [0.3, 0.4) is 0 Å². The number of ether oxygens (including phenoxy) is 1. The number of hydrogen-bond donors (Lipinski definition) is 4. The number of aliphatic hydroxyl groups excluding tert-OH is 3. The van der Waals surface area contributed by atoms with E-state index in [1.165, 1.54) is 17.2 Å². The monoisotopic (exact) mass is 385 g/mol. The number of aliphatic hydroxyl groups is 3. The Morgan fingerprint density at radius 3 is 2.75 bits per heavy atom. The van der Waals surface area contributed by atoms with Crippen LogP contribution >= 0.6 is 0 Å². The molecule has 2 aromatic heterocycles. The van der Waals surface area contributed by atoms with Crippen LogP contribution in [-0.4, -0.2) is 66.0 Å². The molecular formula is C18H19N5O5. The highest BCUT2D eigenvalue weighted by Gasteiger charge is 2.44. The van der Waals surface area contributed by atoms with Crippen LogP contribution in [0.15, 0.2) is 36.9 Å². The van der Waals surface area contributed by atoms with Crippen molar-refractivity contribution in [2.24, 2.45) is 0 Å². The van der Waals surface area contributed by atoms with Gasteiger partial charge in [-0.1, -0.05) is 24.3 Å². The lowest BCUT2D eigenvalue weighted by atomic mass is 10.1. The third-order valence-electron chi connectivity index (χ3n) is 4.78. The minimum absolute atomic E-state index is 0.363. The van der Waals surface area contributed by atoms with Crippen LogP contribution in [0.1, 0.15) is 22.1 Å². The zero-order valence-corrected chi connectivity index (χ0v) is 14.7. The Morgan fingerprint density at radius 1 is 1.18 bits per heavy atom. The van der Waals surface area contributed by atoms with E-state index < -0.39 is 31.1 Å². The summed E-state index contributed by atoms with van der Waals surface area (Å²) in [4.78, 5) is 23.9. The summed E-state index contributed by atoms with van der Waals surface area (Å²) in [5.41, 5.74) is 2.24. The first-order chi connectivity index (χ1) is 13.6. The van der Waals surface area contributed by atoms with Gasteiger partial charge in [0.05, 0.1) is 12.9 Å². The molecule has 3 heterocycles. The van der Waals surface area contributed by atoms with E-state index in [1.54, 1.807) is 12.1 Å². The number of nitrogens with zero attached hydrogens (tertiary/aromatic N) is 4. The second kappa shape index (κ2) is 7.60. The molecule has 10 nitrogen and oxygen atoms in total. The minimum Gasteiger partial charge on any atom is -0.394 e. The summed E-state index contributed by atoms with van der Waals surface area (Å²) in [6.45, 7) is -0.0545. The number of benzene rings is 1. The van der Waals surface area contributed by atoms with Crippen molar-refractivity contribution in [1.82, 2.24) is 19.5 Å². The largest absolute Gasteiger partial charge is 0.394 e. The Bertz CT molecular complexity index is 993. The number of aromatic nitrogens is 4. The Labute approximate surface area is 159 Å². The molecule has 4 atom stereocenters. The fourth-order valence-electron chi connectivity index (χ4n) is 3.27. The molecule has 0 unspecified atom stereocenters.